The number of aromatic nitrogens is 2. The van der Waals surface area contributed by atoms with Crippen LogP contribution in [0.3, 0.4) is 0 Å². The predicted octanol–water partition coefficient (Wildman–Crippen LogP) is 6.46. The maximum absolute atomic E-state index is 6.14. The molecule has 0 aliphatic heterocycles. The van der Waals surface area contributed by atoms with Gasteiger partial charge in [0.2, 0.25) is 5.95 Å². The van der Waals surface area contributed by atoms with E-state index in [1.165, 1.54) is 9.75 Å². The Morgan fingerprint density at radius 1 is 0.906 bits per heavy atom. The largest absolute Gasteiger partial charge is 0.488 e. The normalized spacial score (nSPS) is 10.8. The maximum atomic E-state index is 6.14. The van der Waals surface area contributed by atoms with Crippen LogP contribution in [0.25, 0.3) is 10.4 Å². The molecule has 0 atom stereocenters. The number of hydrogen-bond acceptors (Lipinski definition) is 6. The Hall–Kier alpha value is -3.38. The van der Waals surface area contributed by atoms with Crippen LogP contribution in [-0.4, -0.2) is 16.5 Å². The first-order valence-corrected chi connectivity index (χ1v) is 11.6. The summed E-state index contributed by atoms with van der Waals surface area (Å²) in [5, 5.41) is 6.67. The highest BCUT2D eigenvalue weighted by Gasteiger charge is 2.10. The Kier molecular flexibility index (Phi) is 7.35. The number of nitrogens with zero attached hydrogens (tertiary/aromatic N) is 2. The van der Waals surface area contributed by atoms with Gasteiger partial charge < -0.3 is 15.4 Å². The lowest BCUT2D eigenvalue weighted by Crippen LogP contribution is -2.11. The first-order chi connectivity index (χ1) is 15.7. The molecule has 6 heteroatoms. The summed E-state index contributed by atoms with van der Waals surface area (Å²) in [6.07, 6.45) is 1.78. The van der Waals surface area contributed by atoms with Crippen LogP contribution < -0.4 is 15.4 Å². The van der Waals surface area contributed by atoms with Crippen LogP contribution in [0.2, 0.25) is 0 Å². The molecule has 32 heavy (non-hydrogen) atoms. The molecule has 4 aromatic rings. The molecule has 0 spiro atoms. The third-order valence-electron chi connectivity index (χ3n) is 4.82. The Morgan fingerprint density at radius 3 is 2.56 bits per heavy atom. The summed E-state index contributed by atoms with van der Waals surface area (Å²) in [6.45, 7) is 6.43. The molecule has 0 unspecified atom stereocenters. The Morgan fingerprint density at radius 2 is 1.72 bits per heavy atom. The van der Waals surface area contributed by atoms with Gasteiger partial charge in [0, 0.05) is 28.1 Å². The lowest BCUT2D eigenvalue weighted by molar-refractivity contribution is 0.307. The van der Waals surface area contributed by atoms with Gasteiger partial charge in [0.15, 0.2) is 0 Å². The monoisotopic (exact) mass is 444 g/mol. The minimum atomic E-state index is 0.541. The van der Waals surface area contributed by atoms with Gasteiger partial charge in [-0.05, 0) is 41.8 Å². The van der Waals surface area contributed by atoms with E-state index in [0.29, 0.717) is 25.0 Å². The molecule has 2 aromatic heterocycles. The zero-order valence-corrected chi connectivity index (χ0v) is 19.2. The number of hydrogen-bond donors (Lipinski definition) is 2. The summed E-state index contributed by atoms with van der Waals surface area (Å²) in [5.74, 6) is 2.90. The zero-order valence-electron chi connectivity index (χ0n) is 18.4. The summed E-state index contributed by atoms with van der Waals surface area (Å²) < 4.78 is 6.14. The Bertz CT molecular complexity index is 1130. The van der Waals surface area contributed by atoms with Gasteiger partial charge in [-0.25, -0.2) is 4.98 Å². The molecule has 0 aliphatic carbocycles. The van der Waals surface area contributed by atoms with Crippen molar-refractivity contribution in [2.45, 2.75) is 27.0 Å². The number of ether oxygens (including phenoxy) is 1. The molecule has 0 bridgehead atoms. The summed E-state index contributed by atoms with van der Waals surface area (Å²) in [6, 6.07) is 24.6. The molecule has 0 amide bonds. The van der Waals surface area contributed by atoms with Gasteiger partial charge in [-0.2, -0.15) is 4.98 Å². The van der Waals surface area contributed by atoms with Crippen LogP contribution in [0.4, 0.5) is 11.8 Å². The van der Waals surface area contributed by atoms with Crippen molar-refractivity contribution >= 4 is 23.1 Å². The molecule has 4 rings (SSSR count). The van der Waals surface area contributed by atoms with Crippen LogP contribution in [-0.2, 0) is 13.2 Å². The second kappa shape index (κ2) is 10.8. The Labute approximate surface area is 193 Å². The standard InChI is InChI=1S/C26H28N4OS/c1-19(2)16-29-26-27-15-14-25(30-26)28-17-21-12-13-24(32-21)22-10-6-7-11-23(22)31-18-20-8-4-3-5-9-20/h3-15,19H,16-18H2,1-2H3,(H2,27,28,29,30). The van der Waals surface area contributed by atoms with E-state index in [0.717, 1.165) is 29.2 Å². The van der Waals surface area contributed by atoms with E-state index in [2.05, 4.69) is 70.8 Å². The fourth-order valence-electron chi connectivity index (χ4n) is 3.16. The predicted molar refractivity (Wildman–Crippen MR) is 133 cm³/mol. The van der Waals surface area contributed by atoms with Crippen molar-refractivity contribution in [2.24, 2.45) is 5.92 Å². The molecule has 0 fully saturated rings. The number of thiophene rings is 1. The lowest BCUT2D eigenvalue weighted by Gasteiger charge is -2.10. The van der Waals surface area contributed by atoms with Crippen molar-refractivity contribution in [2.75, 3.05) is 17.2 Å². The molecule has 2 heterocycles. The summed E-state index contributed by atoms with van der Waals surface area (Å²) >= 11 is 1.76. The van der Waals surface area contributed by atoms with Crippen molar-refractivity contribution in [3.05, 3.63) is 89.4 Å². The highest BCUT2D eigenvalue weighted by Crippen LogP contribution is 2.35. The van der Waals surface area contributed by atoms with Crippen LogP contribution >= 0.6 is 11.3 Å². The van der Waals surface area contributed by atoms with Crippen molar-refractivity contribution in [1.82, 2.24) is 9.97 Å². The first-order valence-electron chi connectivity index (χ1n) is 10.8. The molecule has 0 saturated heterocycles. The molecule has 2 aromatic carbocycles. The minimum Gasteiger partial charge on any atom is -0.488 e. The molecule has 0 radical (unpaired) electrons. The van der Waals surface area contributed by atoms with E-state index < -0.39 is 0 Å². The SMILES string of the molecule is CC(C)CNc1nccc(NCc2ccc(-c3ccccc3OCc3ccccc3)s2)n1. The van der Waals surface area contributed by atoms with E-state index in [-0.39, 0.29) is 0 Å². The van der Waals surface area contributed by atoms with Crippen LogP contribution in [0.5, 0.6) is 5.75 Å². The number of anilines is 2. The van der Waals surface area contributed by atoms with Crippen molar-refractivity contribution in [1.29, 1.82) is 0 Å². The van der Waals surface area contributed by atoms with Crippen molar-refractivity contribution in [3.8, 4) is 16.2 Å². The summed E-state index contributed by atoms with van der Waals surface area (Å²) in [7, 11) is 0. The average molecular weight is 445 g/mol. The van der Waals surface area contributed by atoms with Crippen LogP contribution in [0.15, 0.2) is 79.0 Å². The van der Waals surface area contributed by atoms with Gasteiger partial charge in [-0.15, -0.1) is 11.3 Å². The van der Waals surface area contributed by atoms with Crippen molar-refractivity contribution < 1.29 is 4.74 Å². The second-order valence-electron chi connectivity index (χ2n) is 7.93. The highest BCUT2D eigenvalue weighted by atomic mass is 32.1. The fourth-order valence-corrected chi connectivity index (χ4v) is 4.14. The van der Waals surface area contributed by atoms with Gasteiger partial charge in [0.1, 0.15) is 18.2 Å². The van der Waals surface area contributed by atoms with Crippen molar-refractivity contribution in [3.63, 3.8) is 0 Å². The Balaban J connectivity index is 1.40. The lowest BCUT2D eigenvalue weighted by atomic mass is 10.1. The molecule has 5 nitrogen and oxygen atoms in total. The minimum absolute atomic E-state index is 0.541. The topological polar surface area (TPSA) is 59.1 Å². The maximum Gasteiger partial charge on any atom is 0.224 e. The average Bonchev–Trinajstić information content (AvgIpc) is 3.30. The van der Waals surface area contributed by atoms with Gasteiger partial charge in [0.05, 0.1) is 6.54 Å². The highest BCUT2D eigenvalue weighted by molar-refractivity contribution is 7.15. The van der Waals surface area contributed by atoms with Gasteiger partial charge >= 0.3 is 0 Å². The van der Waals surface area contributed by atoms with Crippen LogP contribution in [0, 0.1) is 5.92 Å². The van der Waals surface area contributed by atoms with Gasteiger partial charge in [-0.1, -0.05) is 56.3 Å². The van der Waals surface area contributed by atoms with Gasteiger partial charge in [0.25, 0.3) is 0 Å². The third-order valence-corrected chi connectivity index (χ3v) is 5.94. The van der Waals surface area contributed by atoms with Crippen LogP contribution in [0.1, 0.15) is 24.3 Å². The number of nitrogens with one attached hydrogen (secondary N) is 2. The molecule has 0 saturated carbocycles. The first kappa shape index (κ1) is 21.8. The second-order valence-corrected chi connectivity index (χ2v) is 9.10. The molecular formula is C26H28N4OS. The van der Waals surface area contributed by atoms with E-state index in [1.807, 2.05) is 36.4 Å². The number of benzene rings is 2. The molecule has 0 aliphatic rings. The third kappa shape index (κ3) is 6.08. The van der Waals surface area contributed by atoms with Gasteiger partial charge in [-0.3, -0.25) is 0 Å². The number of rotatable bonds is 10. The quantitative estimate of drug-likeness (QED) is 0.294. The fraction of sp³-hybridized carbons (Fsp3) is 0.231. The molecule has 164 valence electrons. The zero-order chi connectivity index (χ0) is 22.2. The van der Waals surface area contributed by atoms with E-state index >= 15 is 0 Å². The molecule has 2 N–H and O–H groups in total. The number of para-hydroxylation sites is 1. The van der Waals surface area contributed by atoms with E-state index in [9.17, 15) is 0 Å². The summed E-state index contributed by atoms with van der Waals surface area (Å²) in [5.41, 5.74) is 2.27. The smallest absolute Gasteiger partial charge is 0.224 e. The van der Waals surface area contributed by atoms with E-state index in [4.69, 9.17) is 4.74 Å². The summed E-state index contributed by atoms with van der Waals surface area (Å²) in [4.78, 5) is 11.2. The van der Waals surface area contributed by atoms with E-state index in [1.54, 1.807) is 17.5 Å². The molecular weight excluding hydrogens is 416 g/mol.